The molecule has 0 bridgehead atoms. The van der Waals surface area contributed by atoms with Crippen LogP contribution in [-0.2, 0) is 4.74 Å². The van der Waals surface area contributed by atoms with E-state index in [1.54, 1.807) is 6.33 Å². The fraction of sp³-hybridized carbons (Fsp3) is 0.500. The van der Waals surface area contributed by atoms with Gasteiger partial charge < -0.3 is 0 Å². The molecule has 2 aromatic rings. The van der Waals surface area contributed by atoms with Gasteiger partial charge in [-0.2, -0.15) is 0 Å². The molecular formula is C10H12N5O2Tl. The monoisotopic (exact) mass is 439 g/mol. The summed E-state index contributed by atoms with van der Waals surface area (Å²) in [5, 5.41) is 9.10. The zero-order valence-electron chi connectivity index (χ0n) is 9.65. The van der Waals surface area contributed by atoms with Crippen LogP contribution < -0.4 is 3.13 Å². The number of aromatic nitrogens is 4. The van der Waals surface area contributed by atoms with Gasteiger partial charge in [0.25, 0.3) is 0 Å². The number of anilines is 1. The minimum absolute atomic E-state index is 0.0621. The quantitative estimate of drug-likeness (QED) is 0.656. The predicted molar refractivity (Wildman–Crippen MR) is 64.9 cm³/mol. The van der Waals surface area contributed by atoms with Crippen molar-refractivity contribution in [2.24, 2.45) is 0 Å². The van der Waals surface area contributed by atoms with Gasteiger partial charge in [0.1, 0.15) is 0 Å². The van der Waals surface area contributed by atoms with E-state index in [-0.39, 0.29) is 18.9 Å². The summed E-state index contributed by atoms with van der Waals surface area (Å²) >= 11 is 0.611. The van der Waals surface area contributed by atoms with Crippen LogP contribution in [-0.4, -0.2) is 63.4 Å². The number of hydrogen-bond acceptors (Lipinski definition) is 6. The maximum absolute atomic E-state index is 9.10. The van der Waals surface area contributed by atoms with Crippen LogP contribution in [0, 0.1) is 0 Å². The second kappa shape index (κ2) is 5.05. The number of fused-ring (bicyclic) bond motifs is 1. The van der Waals surface area contributed by atoms with E-state index in [4.69, 9.17) is 9.84 Å². The second-order valence-electron chi connectivity index (χ2n) is 4.16. The molecule has 3 heterocycles. The van der Waals surface area contributed by atoms with Crippen molar-refractivity contribution in [3.8, 4) is 0 Å². The molecule has 2 unspecified atom stereocenters. The number of aliphatic hydroxyl groups is 1. The topological polar surface area (TPSA) is 85.1 Å². The summed E-state index contributed by atoms with van der Waals surface area (Å²) in [4.78, 5) is 12.8. The number of nitrogens with one attached hydrogen (secondary N) is 1. The maximum atomic E-state index is 9.10. The fourth-order valence-electron chi connectivity index (χ4n) is 2.19. The van der Waals surface area contributed by atoms with Crippen molar-refractivity contribution in [1.29, 1.82) is 0 Å². The molecule has 7 nitrogen and oxygen atoms in total. The third kappa shape index (κ3) is 1.99. The molecule has 0 radical (unpaired) electrons. The first kappa shape index (κ1) is 12.2. The Morgan fingerprint density at radius 3 is 3.06 bits per heavy atom. The molecule has 1 saturated heterocycles. The molecule has 2 atom stereocenters. The van der Waals surface area contributed by atoms with E-state index in [9.17, 15) is 0 Å². The van der Waals surface area contributed by atoms with Gasteiger partial charge in [-0.05, 0) is 0 Å². The van der Waals surface area contributed by atoms with Crippen LogP contribution in [0.15, 0.2) is 12.7 Å². The van der Waals surface area contributed by atoms with Gasteiger partial charge in [-0.25, -0.2) is 0 Å². The average Bonchev–Trinajstić information content (AvgIpc) is 3.03. The molecule has 2 aromatic heterocycles. The van der Waals surface area contributed by atoms with Gasteiger partial charge in [-0.1, -0.05) is 0 Å². The van der Waals surface area contributed by atoms with Gasteiger partial charge in [0, 0.05) is 0 Å². The first-order valence-electron chi connectivity index (χ1n) is 5.74. The summed E-state index contributed by atoms with van der Waals surface area (Å²) in [7, 11) is 0. The summed E-state index contributed by atoms with van der Waals surface area (Å²) in [6, 6.07) is 0. The van der Waals surface area contributed by atoms with Gasteiger partial charge in [-0.15, -0.1) is 0 Å². The van der Waals surface area contributed by atoms with Crippen LogP contribution >= 0.6 is 0 Å². The molecule has 3 rings (SSSR count). The third-order valence-corrected chi connectivity index (χ3v) is 4.16. The van der Waals surface area contributed by atoms with Gasteiger partial charge in [0.05, 0.1) is 0 Å². The normalized spacial score (nSPS) is 23.6. The van der Waals surface area contributed by atoms with Crippen molar-refractivity contribution in [2.75, 3.05) is 9.73 Å². The molecule has 0 amide bonds. The number of rotatable bonds is 3. The molecule has 0 spiro atoms. The van der Waals surface area contributed by atoms with Crippen molar-refractivity contribution in [3.63, 3.8) is 0 Å². The Bertz CT molecular complexity index is 560. The molecule has 1 fully saturated rings. The fourth-order valence-corrected chi connectivity index (χ4v) is 3.02. The molecule has 92 valence electrons. The predicted octanol–water partition coefficient (Wildman–Crippen LogP) is -0.00840. The molecular weight excluding hydrogens is 427 g/mol. The summed E-state index contributed by atoms with van der Waals surface area (Å²) < 4.78 is 10.8. The van der Waals surface area contributed by atoms with Crippen molar-refractivity contribution in [3.05, 3.63) is 12.7 Å². The van der Waals surface area contributed by atoms with Crippen LogP contribution in [0.25, 0.3) is 11.2 Å². The number of ether oxygens (including phenoxy) is 1. The van der Waals surface area contributed by atoms with Gasteiger partial charge in [-0.3, -0.25) is 0 Å². The van der Waals surface area contributed by atoms with Gasteiger partial charge in [0.2, 0.25) is 0 Å². The molecule has 1 aliphatic rings. The summed E-state index contributed by atoms with van der Waals surface area (Å²) in [5.74, 6) is 0.778. The Hall–Kier alpha value is -0.808. The average molecular weight is 439 g/mol. The molecule has 2 N–H and O–H groups in total. The number of imidazole rings is 1. The van der Waals surface area contributed by atoms with Crippen molar-refractivity contribution >= 4 is 43.0 Å². The molecule has 0 aromatic carbocycles. The molecule has 0 saturated carbocycles. The molecule has 1 aliphatic heterocycles. The Balaban J connectivity index is 1.98. The van der Waals surface area contributed by atoms with E-state index in [2.05, 4.69) is 18.1 Å². The zero-order chi connectivity index (χ0) is 12.5. The second-order valence-corrected chi connectivity index (χ2v) is 5.29. The Kier molecular flexibility index (Phi) is 3.44. The van der Waals surface area contributed by atoms with E-state index in [0.29, 0.717) is 26.1 Å². The van der Waals surface area contributed by atoms with E-state index < -0.39 is 0 Å². The van der Waals surface area contributed by atoms with Crippen molar-refractivity contribution < 1.29 is 9.84 Å². The summed E-state index contributed by atoms with van der Waals surface area (Å²) in [5.41, 5.74) is 1.55. The van der Waals surface area contributed by atoms with E-state index in [0.717, 1.165) is 29.8 Å². The van der Waals surface area contributed by atoms with Gasteiger partial charge >= 0.3 is 120 Å². The van der Waals surface area contributed by atoms with Crippen LogP contribution in [0.5, 0.6) is 0 Å². The Labute approximate surface area is 120 Å². The molecule has 8 heteroatoms. The summed E-state index contributed by atoms with van der Waals surface area (Å²) in [6.45, 7) is 0.0621. The Morgan fingerprint density at radius 2 is 2.33 bits per heavy atom. The summed E-state index contributed by atoms with van der Waals surface area (Å²) in [6.07, 6.45) is 4.82. The molecule has 18 heavy (non-hydrogen) atoms. The zero-order valence-corrected chi connectivity index (χ0v) is 14.1. The van der Waals surface area contributed by atoms with Crippen LogP contribution in [0.3, 0.4) is 0 Å². The van der Waals surface area contributed by atoms with E-state index in [1.165, 1.54) is 6.33 Å². The third-order valence-electron chi connectivity index (χ3n) is 3.09. The molecule has 0 aliphatic carbocycles. The first-order chi connectivity index (χ1) is 8.83. The van der Waals surface area contributed by atoms with Crippen molar-refractivity contribution in [1.82, 2.24) is 19.5 Å². The van der Waals surface area contributed by atoms with Crippen LogP contribution in [0.4, 0.5) is 5.82 Å². The van der Waals surface area contributed by atoms with E-state index in [1.807, 2.05) is 4.57 Å². The van der Waals surface area contributed by atoms with Crippen LogP contribution in [0.2, 0.25) is 0 Å². The number of nitrogens with zero attached hydrogens (tertiary/aromatic N) is 4. The SMILES string of the molecule is OCC1CCC(n2cnc3c([NH][Tl])ncnc32)O1. The number of hydrogen-bond donors (Lipinski definition) is 2. The standard InChI is InChI=1S/C10H12N5O2.Tl/c11-9-8-10(13-4-12-9)15(5-14-8)7-2-1-6(3-16)17-7;/h4-7,16H,1-3H2,(H-,11,12,13);/q-1;+1. The van der Waals surface area contributed by atoms with Crippen molar-refractivity contribution in [2.45, 2.75) is 25.2 Å². The first-order valence-corrected chi connectivity index (χ1v) is 7.98. The Morgan fingerprint density at radius 1 is 1.44 bits per heavy atom. The van der Waals surface area contributed by atoms with E-state index >= 15 is 0 Å². The minimum atomic E-state index is -0.0913. The number of aliphatic hydroxyl groups excluding tert-OH is 1. The van der Waals surface area contributed by atoms with Crippen LogP contribution in [0.1, 0.15) is 19.1 Å². The van der Waals surface area contributed by atoms with Gasteiger partial charge in [0.15, 0.2) is 0 Å².